The molecule has 5 heteroatoms. The highest BCUT2D eigenvalue weighted by Crippen LogP contribution is 2.31. The van der Waals surface area contributed by atoms with E-state index in [-0.39, 0.29) is 23.6 Å². The average Bonchev–Trinajstić information content (AvgIpc) is 2.62. The Bertz CT molecular complexity index is 520. The average molecular weight is 320 g/mol. The molecular weight excluding hydrogens is 295 g/mol. The third-order valence-electron chi connectivity index (χ3n) is 5.16. The van der Waals surface area contributed by atoms with Crippen molar-refractivity contribution in [3.63, 3.8) is 0 Å². The van der Waals surface area contributed by atoms with Crippen LogP contribution in [0.15, 0.2) is 24.3 Å². The van der Waals surface area contributed by atoms with E-state index >= 15 is 0 Å². The molecule has 3 rings (SSSR count). The molecule has 126 valence electrons. The summed E-state index contributed by atoms with van der Waals surface area (Å²) in [7, 11) is 0. The van der Waals surface area contributed by atoms with E-state index in [1.165, 1.54) is 12.1 Å². The van der Waals surface area contributed by atoms with Crippen LogP contribution in [0.4, 0.5) is 4.39 Å². The first-order valence-electron chi connectivity index (χ1n) is 8.58. The van der Waals surface area contributed by atoms with Gasteiger partial charge in [-0.1, -0.05) is 12.1 Å². The second-order valence-electron chi connectivity index (χ2n) is 6.70. The highest BCUT2D eigenvalue weighted by Gasteiger charge is 2.31. The van der Waals surface area contributed by atoms with Crippen molar-refractivity contribution in [2.75, 3.05) is 26.2 Å². The van der Waals surface area contributed by atoms with Gasteiger partial charge in [0.25, 0.3) is 0 Å². The molecule has 1 amide bonds. The Morgan fingerprint density at radius 3 is 2.52 bits per heavy atom. The first kappa shape index (κ1) is 16.4. The lowest BCUT2D eigenvalue weighted by atomic mass is 9.86. The quantitative estimate of drug-likeness (QED) is 0.897. The molecule has 4 nitrogen and oxygen atoms in total. The van der Waals surface area contributed by atoms with Gasteiger partial charge in [0.1, 0.15) is 5.82 Å². The van der Waals surface area contributed by atoms with Crippen molar-refractivity contribution in [2.24, 2.45) is 11.8 Å². The number of nitrogens with one attached hydrogen (secondary N) is 1. The summed E-state index contributed by atoms with van der Waals surface area (Å²) >= 11 is 0. The van der Waals surface area contributed by atoms with E-state index in [2.05, 4.69) is 5.32 Å². The Labute approximate surface area is 136 Å². The first-order chi connectivity index (χ1) is 11.1. The van der Waals surface area contributed by atoms with Crippen molar-refractivity contribution in [1.82, 2.24) is 10.2 Å². The summed E-state index contributed by atoms with van der Waals surface area (Å²) in [5, 5.41) is 13.8. The Balaban J connectivity index is 1.53. The van der Waals surface area contributed by atoms with Gasteiger partial charge >= 0.3 is 0 Å². The summed E-state index contributed by atoms with van der Waals surface area (Å²) in [6.45, 7) is 3.21. The van der Waals surface area contributed by atoms with Crippen LogP contribution in [0.3, 0.4) is 0 Å². The van der Waals surface area contributed by atoms with Gasteiger partial charge in [0.15, 0.2) is 0 Å². The second kappa shape index (κ2) is 7.41. The molecule has 2 fully saturated rings. The molecular formula is C18H25FN2O2. The molecule has 0 saturated carbocycles. The number of halogens is 1. The van der Waals surface area contributed by atoms with Gasteiger partial charge in [-0.05, 0) is 55.8 Å². The molecule has 0 aliphatic carbocycles. The van der Waals surface area contributed by atoms with Gasteiger partial charge in [0.05, 0.1) is 12.0 Å². The van der Waals surface area contributed by atoms with E-state index in [4.69, 9.17) is 0 Å². The molecule has 1 aromatic rings. The number of aliphatic hydroxyl groups excluding tert-OH is 1. The number of likely N-dealkylation sites (tertiary alicyclic amines) is 1. The van der Waals surface area contributed by atoms with Crippen LogP contribution >= 0.6 is 0 Å². The third kappa shape index (κ3) is 3.90. The number of carbonyl (C=O) groups is 1. The largest absolute Gasteiger partial charge is 0.388 e. The molecule has 0 bridgehead atoms. The van der Waals surface area contributed by atoms with Crippen LogP contribution in [0.5, 0.6) is 0 Å². The van der Waals surface area contributed by atoms with E-state index in [1.54, 1.807) is 12.1 Å². The van der Waals surface area contributed by atoms with Crippen molar-refractivity contribution in [2.45, 2.75) is 31.8 Å². The Morgan fingerprint density at radius 1 is 1.22 bits per heavy atom. The lowest BCUT2D eigenvalue weighted by Gasteiger charge is -2.37. The summed E-state index contributed by atoms with van der Waals surface area (Å²) in [5.74, 6) is 0.214. The molecule has 2 atom stereocenters. The molecule has 23 heavy (non-hydrogen) atoms. The number of piperidine rings is 2. The minimum Gasteiger partial charge on any atom is -0.388 e. The lowest BCUT2D eigenvalue weighted by molar-refractivity contribution is -0.138. The molecule has 2 heterocycles. The summed E-state index contributed by atoms with van der Waals surface area (Å²) in [5.41, 5.74) is 0.757. The van der Waals surface area contributed by atoms with Crippen LogP contribution in [0.2, 0.25) is 0 Å². The van der Waals surface area contributed by atoms with Gasteiger partial charge < -0.3 is 15.3 Å². The minimum absolute atomic E-state index is 0.113. The lowest BCUT2D eigenvalue weighted by Crippen LogP contribution is -2.46. The second-order valence-corrected chi connectivity index (χ2v) is 6.70. The SMILES string of the molecule is O=C([C@@H]1CCCNC1)N1CCC([C@@H](O)c2ccc(F)cc2)CC1. The number of aliphatic hydroxyl groups is 1. The zero-order valence-corrected chi connectivity index (χ0v) is 13.4. The number of benzene rings is 1. The monoisotopic (exact) mass is 320 g/mol. The number of amides is 1. The number of nitrogens with zero attached hydrogens (tertiary/aromatic N) is 1. The highest BCUT2D eigenvalue weighted by molar-refractivity contribution is 5.79. The molecule has 0 aromatic heterocycles. The summed E-state index contributed by atoms with van der Waals surface area (Å²) in [4.78, 5) is 14.5. The molecule has 0 unspecified atom stereocenters. The smallest absolute Gasteiger partial charge is 0.226 e. The Hall–Kier alpha value is -1.46. The van der Waals surface area contributed by atoms with Crippen molar-refractivity contribution in [1.29, 1.82) is 0 Å². The van der Waals surface area contributed by atoms with Crippen molar-refractivity contribution in [3.05, 3.63) is 35.6 Å². The van der Waals surface area contributed by atoms with Gasteiger partial charge in [-0.3, -0.25) is 4.79 Å². The Kier molecular flexibility index (Phi) is 5.28. The van der Waals surface area contributed by atoms with E-state index in [0.717, 1.165) is 44.3 Å². The van der Waals surface area contributed by atoms with E-state index in [0.29, 0.717) is 13.1 Å². The van der Waals surface area contributed by atoms with E-state index in [1.807, 2.05) is 4.90 Å². The van der Waals surface area contributed by atoms with Crippen LogP contribution in [0, 0.1) is 17.7 Å². The summed E-state index contributed by atoms with van der Waals surface area (Å²) < 4.78 is 13.0. The summed E-state index contributed by atoms with van der Waals surface area (Å²) in [6, 6.07) is 6.05. The molecule has 0 spiro atoms. The van der Waals surface area contributed by atoms with Gasteiger partial charge in [0.2, 0.25) is 5.91 Å². The molecule has 2 aliphatic rings. The fraction of sp³-hybridized carbons (Fsp3) is 0.611. The van der Waals surface area contributed by atoms with Crippen molar-refractivity contribution in [3.8, 4) is 0 Å². The number of hydrogen-bond acceptors (Lipinski definition) is 3. The normalized spacial score (nSPS) is 24.4. The zero-order chi connectivity index (χ0) is 16.2. The van der Waals surface area contributed by atoms with Gasteiger partial charge in [-0.2, -0.15) is 0 Å². The fourth-order valence-corrected chi connectivity index (χ4v) is 3.69. The highest BCUT2D eigenvalue weighted by atomic mass is 19.1. The van der Waals surface area contributed by atoms with E-state index < -0.39 is 6.10 Å². The van der Waals surface area contributed by atoms with Crippen molar-refractivity contribution < 1.29 is 14.3 Å². The standard InChI is InChI=1S/C18H25FN2O2/c19-16-5-3-13(4-6-16)17(22)14-7-10-21(11-8-14)18(23)15-2-1-9-20-12-15/h3-6,14-15,17,20,22H,1-2,7-12H2/t15-,17+/m1/s1. The van der Waals surface area contributed by atoms with Crippen LogP contribution in [-0.2, 0) is 4.79 Å². The number of carbonyl (C=O) groups excluding carboxylic acids is 1. The predicted molar refractivity (Wildman–Crippen MR) is 86.3 cm³/mol. The molecule has 0 radical (unpaired) electrons. The molecule has 2 N–H and O–H groups in total. The topological polar surface area (TPSA) is 52.6 Å². The number of rotatable bonds is 3. The van der Waals surface area contributed by atoms with Crippen LogP contribution in [-0.4, -0.2) is 42.1 Å². The zero-order valence-electron chi connectivity index (χ0n) is 13.4. The van der Waals surface area contributed by atoms with E-state index in [9.17, 15) is 14.3 Å². The molecule has 1 aromatic carbocycles. The van der Waals surface area contributed by atoms with Crippen LogP contribution < -0.4 is 5.32 Å². The number of hydrogen-bond donors (Lipinski definition) is 2. The maximum absolute atomic E-state index is 13.0. The van der Waals surface area contributed by atoms with Crippen LogP contribution in [0.25, 0.3) is 0 Å². The fourth-order valence-electron chi connectivity index (χ4n) is 3.69. The Morgan fingerprint density at radius 2 is 1.91 bits per heavy atom. The van der Waals surface area contributed by atoms with Gasteiger partial charge in [0, 0.05) is 19.6 Å². The third-order valence-corrected chi connectivity index (χ3v) is 5.16. The predicted octanol–water partition coefficient (Wildman–Crippen LogP) is 2.10. The van der Waals surface area contributed by atoms with Crippen molar-refractivity contribution >= 4 is 5.91 Å². The maximum atomic E-state index is 13.0. The minimum atomic E-state index is -0.579. The van der Waals surface area contributed by atoms with Crippen LogP contribution in [0.1, 0.15) is 37.4 Å². The molecule has 2 aliphatic heterocycles. The summed E-state index contributed by atoms with van der Waals surface area (Å²) in [6.07, 6.45) is 3.05. The first-order valence-corrected chi connectivity index (χ1v) is 8.58. The van der Waals surface area contributed by atoms with Gasteiger partial charge in [-0.25, -0.2) is 4.39 Å². The van der Waals surface area contributed by atoms with Gasteiger partial charge in [-0.15, -0.1) is 0 Å². The maximum Gasteiger partial charge on any atom is 0.226 e. The molecule has 2 saturated heterocycles.